The zero-order chi connectivity index (χ0) is 16.2. The summed E-state index contributed by atoms with van der Waals surface area (Å²) in [5.41, 5.74) is 1.52. The molecule has 0 aliphatic rings. The van der Waals surface area contributed by atoms with Crippen LogP contribution in [-0.2, 0) is 4.79 Å². The average Bonchev–Trinajstić information content (AvgIpc) is 2.98. The largest absolute Gasteiger partial charge is 0.439 e. The van der Waals surface area contributed by atoms with Gasteiger partial charge in [-0.25, -0.2) is 4.98 Å². The Labute approximate surface area is 137 Å². The highest BCUT2D eigenvalue weighted by Gasteiger charge is 2.08. The van der Waals surface area contributed by atoms with Gasteiger partial charge in [0.15, 0.2) is 0 Å². The van der Waals surface area contributed by atoms with Gasteiger partial charge in [0, 0.05) is 17.4 Å². The third kappa shape index (κ3) is 3.59. The lowest BCUT2D eigenvalue weighted by atomic mass is 10.3. The van der Waals surface area contributed by atoms with Gasteiger partial charge in [-0.2, -0.15) is 26.4 Å². The Kier molecular flexibility index (Phi) is 4.42. The highest BCUT2D eigenvalue weighted by atomic mass is 32.2. The number of hydrogen-bond donors (Lipinski definition) is 1. The molecule has 0 fully saturated rings. The van der Waals surface area contributed by atoms with E-state index in [1.54, 1.807) is 30.3 Å². The quantitative estimate of drug-likeness (QED) is 0.774. The number of anilines is 1. The van der Waals surface area contributed by atoms with E-state index >= 15 is 0 Å². The summed E-state index contributed by atoms with van der Waals surface area (Å²) in [7, 11) is 0. The number of benzene rings is 1. The maximum atomic E-state index is 11.6. The van der Waals surface area contributed by atoms with Crippen LogP contribution in [0.1, 0.15) is 5.69 Å². The molecule has 2 aromatic heterocycles. The van der Waals surface area contributed by atoms with Crippen LogP contribution in [0.3, 0.4) is 0 Å². The maximum Gasteiger partial charge on any atom is 0.255 e. The SMILES string of the molecule is CSCC(=O)Nc1ccc(Oc2cc(C)nc3ncnn23)cc1. The zero-order valence-corrected chi connectivity index (χ0v) is 13.5. The Morgan fingerprint density at radius 1 is 1.35 bits per heavy atom. The fourth-order valence-electron chi connectivity index (χ4n) is 2.02. The molecule has 8 heteroatoms. The number of rotatable bonds is 5. The van der Waals surface area contributed by atoms with Crippen molar-refractivity contribution >= 4 is 29.1 Å². The summed E-state index contributed by atoms with van der Waals surface area (Å²) in [5.74, 6) is 2.05. The molecule has 1 amide bonds. The predicted molar refractivity (Wildman–Crippen MR) is 89.0 cm³/mol. The van der Waals surface area contributed by atoms with E-state index in [9.17, 15) is 4.79 Å². The van der Waals surface area contributed by atoms with Crippen LogP contribution in [0.4, 0.5) is 5.69 Å². The van der Waals surface area contributed by atoms with E-state index in [1.165, 1.54) is 22.6 Å². The normalized spacial score (nSPS) is 10.7. The third-order valence-corrected chi connectivity index (χ3v) is 3.53. The molecule has 1 aromatic carbocycles. The number of carbonyl (C=O) groups is 1. The van der Waals surface area contributed by atoms with E-state index in [0.29, 0.717) is 23.2 Å². The second-order valence-electron chi connectivity index (χ2n) is 4.82. The summed E-state index contributed by atoms with van der Waals surface area (Å²) in [6, 6.07) is 8.94. The molecule has 7 nitrogen and oxygen atoms in total. The first-order valence-corrected chi connectivity index (χ1v) is 8.29. The second kappa shape index (κ2) is 6.66. The molecule has 1 N–H and O–H groups in total. The van der Waals surface area contributed by atoms with Gasteiger partial charge in [0.2, 0.25) is 11.8 Å². The van der Waals surface area contributed by atoms with Gasteiger partial charge < -0.3 is 10.1 Å². The van der Waals surface area contributed by atoms with E-state index in [1.807, 2.05) is 13.2 Å². The highest BCUT2D eigenvalue weighted by molar-refractivity contribution is 7.99. The van der Waals surface area contributed by atoms with Crippen molar-refractivity contribution in [1.29, 1.82) is 0 Å². The van der Waals surface area contributed by atoms with Gasteiger partial charge in [-0.1, -0.05) is 0 Å². The van der Waals surface area contributed by atoms with Crippen LogP contribution < -0.4 is 10.1 Å². The molecule has 0 atom stereocenters. The molecule has 2 heterocycles. The van der Waals surface area contributed by atoms with Gasteiger partial charge >= 0.3 is 0 Å². The van der Waals surface area contributed by atoms with Crippen LogP contribution in [0.2, 0.25) is 0 Å². The van der Waals surface area contributed by atoms with E-state index in [2.05, 4.69) is 20.4 Å². The predicted octanol–water partition coefficient (Wildman–Crippen LogP) is 2.53. The number of aromatic nitrogens is 4. The van der Waals surface area contributed by atoms with Gasteiger partial charge in [-0.05, 0) is 37.4 Å². The smallest absolute Gasteiger partial charge is 0.255 e. The lowest BCUT2D eigenvalue weighted by molar-refractivity contribution is -0.113. The number of thioether (sulfide) groups is 1. The van der Waals surface area contributed by atoms with Crippen molar-refractivity contribution in [2.24, 2.45) is 0 Å². The summed E-state index contributed by atoms with van der Waals surface area (Å²) in [6.07, 6.45) is 3.32. The first-order chi connectivity index (χ1) is 11.2. The molecular formula is C15H15N5O2S. The van der Waals surface area contributed by atoms with E-state index in [-0.39, 0.29) is 5.91 Å². The number of ether oxygens (including phenoxy) is 1. The Balaban J connectivity index is 1.77. The lowest BCUT2D eigenvalue weighted by Gasteiger charge is -2.09. The molecule has 0 aliphatic heterocycles. The fourth-order valence-corrected chi connectivity index (χ4v) is 2.36. The molecule has 0 saturated carbocycles. The second-order valence-corrected chi connectivity index (χ2v) is 5.68. The minimum atomic E-state index is -0.0275. The standard InChI is InChI=1S/C15H15N5O2S/c1-10-7-14(20-15(18-10)16-9-17-20)22-12-5-3-11(4-6-12)19-13(21)8-23-2/h3-7,9H,8H2,1-2H3,(H,19,21). The fraction of sp³-hybridized carbons (Fsp3) is 0.200. The molecule has 3 aromatic rings. The number of hydrogen-bond acceptors (Lipinski definition) is 6. The van der Waals surface area contributed by atoms with Crippen molar-refractivity contribution in [2.45, 2.75) is 6.92 Å². The van der Waals surface area contributed by atoms with E-state index < -0.39 is 0 Å². The Morgan fingerprint density at radius 3 is 2.87 bits per heavy atom. The van der Waals surface area contributed by atoms with Crippen molar-refractivity contribution in [3.63, 3.8) is 0 Å². The van der Waals surface area contributed by atoms with Crippen LogP contribution in [0.25, 0.3) is 5.78 Å². The topological polar surface area (TPSA) is 81.4 Å². The van der Waals surface area contributed by atoms with Crippen LogP contribution in [0.5, 0.6) is 11.6 Å². The molecular weight excluding hydrogens is 314 g/mol. The van der Waals surface area contributed by atoms with E-state index in [0.717, 1.165) is 11.4 Å². The number of nitrogens with one attached hydrogen (secondary N) is 1. The van der Waals surface area contributed by atoms with Crippen molar-refractivity contribution in [2.75, 3.05) is 17.3 Å². The summed E-state index contributed by atoms with van der Waals surface area (Å²) < 4.78 is 7.37. The molecule has 0 aliphatic carbocycles. The summed E-state index contributed by atoms with van der Waals surface area (Å²) in [5, 5.41) is 6.91. The molecule has 3 rings (SSSR count). The molecule has 0 bridgehead atoms. The third-order valence-electron chi connectivity index (χ3n) is 2.98. The lowest BCUT2D eigenvalue weighted by Crippen LogP contribution is -2.13. The number of fused-ring (bicyclic) bond motifs is 1. The maximum absolute atomic E-state index is 11.6. The van der Waals surface area contributed by atoms with Gasteiger partial charge in [0.1, 0.15) is 12.1 Å². The zero-order valence-electron chi connectivity index (χ0n) is 12.7. The van der Waals surface area contributed by atoms with Crippen LogP contribution >= 0.6 is 11.8 Å². The van der Waals surface area contributed by atoms with Crippen LogP contribution in [0.15, 0.2) is 36.7 Å². The number of carbonyl (C=O) groups excluding carboxylic acids is 1. The minimum absolute atomic E-state index is 0.0275. The number of nitrogens with zero attached hydrogens (tertiary/aromatic N) is 4. The molecule has 0 radical (unpaired) electrons. The van der Waals surface area contributed by atoms with Crippen molar-refractivity contribution in [3.05, 3.63) is 42.4 Å². The monoisotopic (exact) mass is 329 g/mol. The van der Waals surface area contributed by atoms with Crippen LogP contribution in [0, 0.1) is 6.92 Å². The molecule has 0 spiro atoms. The Bertz CT molecular complexity index is 832. The number of amides is 1. The summed E-state index contributed by atoms with van der Waals surface area (Å²) >= 11 is 1.48. The van der Waals surface area contributed by atoms with Crippen LogP contribution in [-0.4, -0.2) is 37.5 Å². The molecule has 118 valence electrons. The van der Waals surface area contributed by atoms with Crippen molar-refractivity contribution < 1.29 is 9.53 Å². The van der Waals surface area contributed by atoms with E-state index in [4.69, 9.17) is 4.74 Å². The minimum Gasteiger partial charge on any atom is -0.439 e. The average molecular weight is 329 g/mol. The van der Waals surface area contributed by atoms with Gasteiger partial charge in [-0.3, -0.25) is 4.79 Å². The Morgan fingerprint density at radius 2 is 2.13 bits per heavy atom. The first-order valence-electron chi connectivity index (χ1n) is 6.90. The van der Waals surface area contributed by atoms with Crippen molar-refractivity contribution in [3.8, 4) is 11.6 Å². The molecule has 23 heavy (non-hydrogen) atoms. The summed E-state index contributed by atoms with van der Waals surface area (Å²) in [4.78, 5) is 19.9. The van der Waals surface area contributed by atoms with Gasteiger partial charge in [0.05, 0.1) is 5.75 Å². The van der Waals surface area contributed by atoms with Crippen molar-refractivity contribution in [1.82, 2.24) is 19.6 Å². The van der Waals surface area contributed by atoms with Gasteiger partial charge in [0.25, 0.3) is 5.78 Å². The molecule has 0 saturated heterocycles. The summed E-state index contributed by atoms with van der Waals surface area (Å²) in [6.45, 7) is 1.87. The molecule has 0 unspecified atom stereocenters. The number of aryl methyl sites for hydroxylation is 1. The van der Waals surface area contributed by atoms with Gasteiger partial charge in [-0.15, -0.1) is 0 Å². The highest BCUT2D eigenvalue weighted by Crippen LogP contribution is 2.23. The Hall–Kier alpha value is -2.61. The first kappa shape index (κ1) is 15.3.